The van der Waals surface area contributed by atoms with E-state index >= 15 is 0 Å². The first-order valence-corrected chi connectivity index (χ1v) is 15.6. The molecule has 40 heavy (non-hydrogen) atoms. The summed E-state index contributed by atoms with van der Waals surface area (Å²) in [6, 6.07) is 7.24. The smallest absolute Gasteiger partial charge is 0.246 e. The van der Waals surface area contributed by atoms with E-state index in [-0.39, 0.29) is 29.8 Å². The fourth-order valence-corrected chi connectivity index (χ4v) is 8.09. The second-order valence-electron chi connectivity index (χ2n) is 13.5. The largest absolute Gasteiger partial charge is 0.359 e. The Morgan fingerprint density at radius 1 is 0.975 bits per heavy atom. The maximum Gasteiger partial charge on any atom is 0.246 e. The minimum atomic E-state index is -1.10. The van der Waals surface area contributed by atoms with Gasteiger partial charge in [0.05, 0.1) is 17.9 Å². The number of hydrogen-bond acceptors (Lipinski definition) is 4. The van der Waals surface area contributed by atoms with Crippen LogP contribution >= 0.6 is 0 Å². The zero-order chi connectivity index (χ0) is 28.2. The van der Waals surface area contributed by atoms with Crippen LogP contribution < -0.4 is 10.6 Å². The number of carbonyl (C=O) groups excluding carboxylic acids is 3. The third kappa shape index (κ3) is 4.58. The van der Waals surface area contributed by atoms with Crippen molar-refractivity contribution >= 4 is 23.4 Å². The van der Waals surface area contributed by atoms with Gasteiger partial charge in [-0.25, -0.2) is 0 Å². The molecule has 3 heterocycles. The fourth-order valence-electron chi connectivity index (χ4n) is 8.09. The molecule has 2 bridgehead atoms. The van der Waals surface area contributed by atoms with Crippen LogP contribution in [0.15, 0.2) is 36.4 Å². The van der Waals surface area contributed by atoms with Crippen LogP contribution in [-0.2, 0) is 19.1 Å². The van der Waals surface area contributed by atoms with E-state index in [4.69, 9.17) is 4.74 Å². The molecule has 5 aliphatic rings. The molecule has 4 fully saturated rings. The Morgan fingerprint density at radius 3 is 2.35 bits per heavy atom. The summed E-state index contributed by atoms with van der Waals surface area (Å²) in [7, 11) is 0. The first-order valence-electron chi connectivity index (χ1n) is 15.6. The number of anilines is 1. The van der Waals surface area contributed by atoms with Crippen LogP contribution in [0.4, 0.5) is 5.69 Å². The quantitative estimate of drug-likeness (QED) is 0.481. The van der Waals surface area contributed by atoms with Gasteiger partial charge in [-0.05, 0) is 74.0 Å². The fraction of sp³-hybridized carbons (Fsp3) is 0.667. The first-order chi connectivity index (χ1) is 19.2. The van der Waals surface area contributed by atoms with Gasteiger partial charge in [0, 0.05) is 17.8 Å². The predicted molar refractivity (Wildman–Crippen MR) is 155 cm³/mol. The number of benzene rings is 1. The zero-order valence-electron chi connectivity index (χ0n) is 24.4. The molecule has 0 aromatic heterocycles. The molecule has 1 aromatic carbocycles. The Hall–Kier alpha value is -2.67. The minimum absolute atomic E-state index is 0.00783. The first kappa shape index (κ1) is 27.5. The van der Waals surface area contributed by atoms with Crippen LogP contribution in [0.1, 0.15) is 90.5 Å². The van der Waals surface area contributed by atoms with Crippen LogP contribution in [0.3, 0.4) is 0 Å². The van der Waals surface area contributed by atoms with Crippen LogP contribution in [0.5, 0.6) is 0 Å². The van der Waals surface area contributed by atoms with Gasteiger partial charge >= 0.3 is 0 Å². The highest BCUT2D eigenvalue weighted by Gasteiger charge is 2.73. The molecule has 7 heteroatoms. The van der Waals surface area contributed by atoms with Gasteiger partial charge in [-0.1, -0.05) is 64.8 Å². The number of ether oxygens (including phenoxy) is 1. The van der Waals surface area contributed by atoms with Crippen molar-refractivity contribution in [3.63, 3.8) is 0 Å². The Kier molecular flexibility index (Phi) is 7.30. The highest BCUT2D eigenvalue weighted by Crippen LogP contribution is 2.56. The van der Waals surface area contributed by atoms with Gasteiger partial charge < -0.3 is 20.3 Å². The van der Waals surface area contributed by atoms with Gasteiger partial charge in [0.15, 0.2) is 0 Å². The van der Waals surface area contributed by atoms with Crippen LogP contribution in [0, 0.1) is 23.7 Å². The van der Waals surface area contributed by atoms with E-state index in [1.54, 1.807) is 0 Å². The third-order valence-electron chi connectivity index (χ3n) is 10.5. The molecule has 2 saturated heterocycles. The lowest BCUT2D eigenvalue weighted by atomic mass is 9.74. The molecule has 3 aliphatic heterocycles. The van der Waals surface area contributed by atoms with Crippen molar-refractivity contribution in [2.24, 2.45) is 23.7 Å². The summed E-state index contributed by atoms with van der Waals surface area (Å²) >= 11 is 0. The molecule has 3 amide bonds. The number of nitrogens with zero attached hydrogens (tertiary/aromatic N) is 1. The molecular formula is C33H45N3O4. The molecule has 1 spiro atoms. The van der Waals surface area contributed by atoms with Crippen molar-refractivity contribution in [2.75, 3.05) is 5.32 Å². The molecular weight excluding hydrogens is 502 g/mol. The zero-order valence-corrected chi connectivity index (χ0v) is 24.4. The second kappa shape index (κ2) is 10.6. The van der Waals surface area contributed by atoms with Crippen molar-refractivity contribution in [1.82, 2.24) is 10.2 Å². The van der Waals surface area contributed by atoms with E-state index in [1.165, 1.54) is 12.0 Å². The van der Waals surface area contributed by atoms with Gasteiger partial charge in [0.2, 0.25) is 17.7 Å². The van der Waals surface area contributed by atoms with E-state index in [0.29, 0.717) is 23.4 Å². The minimum Gasteiger partial charge on any atom is -0.359 e. The average Bonchev–Trinajstić information content (AvgIpc) is 3.58. The Balaban J connectivity index is 1.29. The van der Waals surface area contributed by atoms with Gasteiger partial charge in [-0.15, -0.1) is 0 Å². The number of carbonyl (C=O) groups is 3. The van der Waals surface area contributed by atoms with E-state index < -0.39 is 29.6 Å². The molecule has 7 atom stereocenters. The van der Waals surface area contributed by atoms with Gasteiger partial charge in [-0.3, -0.25) is 14.4 Å². The second-order valence-corrected chi connectivity index (χ2v) is 13.5. The number of rotatable bonds is 6. The lowest BCUT2D eigenvalue weighted by molar-refractivity contribution is -0.145. The highest BCUT2D eigenvalue weighted by molar-refractivity contribution is 6.03. The van der Waals surface area contributed by atoms with Crippen LogP contribution in [0.2, 0.25) is 0 Å². The van der Waals surface area contributed by atoms with Crippen molar-refractivity contribution in [3.8, 4) is 0 Å². The Bertz CT molecular complexity index is 1170. The standard InChI is InChI=1S/C33H45N3O4/c1-19(2)22-11-13-23(14-12-22)34-30(37)27-26-17-18-33(40-26)28(27)32(39)36(24-15-9-20(3)10-16-24)29(33)31(38)35-25-8-6-5-7-21(25)4/h11-14,17-21,24-29H,5-10,15-16H2,1-4H3,(H,34,37)(H,35,38). The summed E-state index contributed by atoms with van der Waals surface area (Å²) in [6.07, 6.45) is 11.5. The van der Waals surface area contributed by atoms with E-state index in [2.05, 4.69) is 38.3 Å². The number of amides is 3. The molecule has 2 aliphatic carbocycles. The number of likely N-dealkylation sites (tertiary alicyclic amines) is 1. The van der Waals surface area contributed by atoms with E-state index in [9.17, 15) is 14.4 Å². The molecule has 0 radical (unpaired) electrons. The molecule has 2 saturated carbocycles. The van der Waals surface area contributed by atoms with Crippen molar-refractivity contribution in [1.29, 1.82) is 0 Å². The molecule has 6 rings (SSSR count). The van der Waals surface area contributed by atoms with Crippen molar-refractivity contribution in [2.45, 2.75) is 115 Å². The van der Waals surface area contributed by atoms with E-state index in [0.717, 1.165) is 44.9 Å². The highest BCUT2D eigenvalue weighted by atomic mass is 16.5. The average molecular weight is 548 g/mol. The molecule has 7 unspecified atom stereocenters. The topological polar surface area (TPSA) is 87.7 Å². The normalized spacial score (nSPS) is 38.5. The van der Waals surface area contributed by atoms with Gasteiger partial charge in [0.1, 0.15) is 11.6 Å². The summed E-state index contributed by atoms with van der Waals surface area (Å²) in [5, 5.41) is 6.41. The van der Waals surface area contributed by atoms with Gasteiger partial charge in [0.25, 0.3) is 0 Å². The van der Waals surface area contributed by atoms with E-state index in [1.807, 2.05) is 41.3 Å². The summed E-state index contributed by atoms with van der Waals surface area (Å²) in [5.41, 5.74) is 0.808. The molecule has 2 N–H and O–H groups in total. The van der Waals surface area contributed by atoms with Crippen molar-refractivity contribution < 1.29 is 19.1 Å². The SMILES string of the molecule is CC1CCC(N2C(=O)C3C(C(=O)Nc4ccc(C(C)C)cc4)C4C=CC3(O4)C2C(=O)NC2CCCCC2C)CC1. The molecule has 7 nitrogen and oxygen atoms in total. The number of nitrogens with one attached hydrogen (secondary N) is 2. The Labute approximate surface area is 238 Å². The maximum absolute atomic E-state index is 14.4. The summed E-state index contributed by atoms with van der Waals surface area (Å²) in [4.78, 5) is 44.2. The summed E-state index contributed by atoms with van der Waals surface area (Å²) in [6.45, 7) is 8.73. The summed E-state index contributed by atoms with van der Waals surface area (Å²) < 4.78 is 6.57. The molecule has 216 valence electrons. The number of fused-ring (bicyclic) bond motifs is 1. The lowest BCUT2D eigenvalue weighted by Gasteiger charge is -2.40. The number of hydrogen-bond donors (Lipinski definition) is 2. The molecule has 1 aromatic rings. The van der Waals surface area contributed by atoms with Gasteiger partial charge in [-0.2, -0.15) is 0 Å². The monoisotopic (exact) mass is 547 g/mol. The summed E-state index contributed by atoms with van der Waals surface area (Å²) in [5.74, 6) is -0.375. The Morgan fingerprint density at radius 2 is 1.68 bits per heavy atom. The van der Waals surface area contributed by atoms with Crippen LogP contribution in [-0.4, -0.2) is 52.5 Å². The third-order valence-corrected chi connectivity index (χ3v) is 10.5. The maximum atomic E-state index is 14.4. The lowest BCUT2D eigenvalue weighted by Crippen LogP contribution is -2.59. The predicted octanol–water partition coefficient (Wildman–Crippen LogP) is 5.17. The van der Waals surface area contributed by atoms with Crippen LogP contribution in [0.25, 0.3) is 0 Å². The van der Waals surface area contributed by atoms with Crippen molar-refractivity contribution in [3.05, 3.63) is 42.0 Å².